The van der Waals surface area contributed by atoms with Crippen LogP contribution in [0.1, 0.15) is 27.2 Å². The molecule has 0 fully saturated rings. The fourth-order valence-corrected chi connectivity index (χ4v) is 2.44. The molecular formula is C15H15BrN2O. The van der Waals surface area contributed by atoms with E-state index in [2.05, 4.69) is 26.2 Å². The molecule has 2 aromatic rings. The Labute approximate surface area is 121 Å². The number of rotatable bonds is 3. The van der Waals surface area contributed by atoms with Crippen molar-refractivity contribution in [2.75, 3.05) is 0 Å². The van der Waals surface area contributed by atoms with Crippen molar-refractivity contribution < 1.29 is 4.79 Å². The third-order valence-corrected chi connectivity index (χ3v) is 3.56. The Kier molecular flexibility index (Phi) is 4.32. The second-order valence-corrected chi connectivity index (χ2v) is 5.29. The van der Waals surface area contributed by atoms with Crippen LogP contribution < -0.4 is 5.32 Å². The second kappa shape index (κ2) is 5.97. The highest BCUT2D eigenvalue weighted by atomic mass is 79.9. The van der Waals surface area contributed by atoms with Gasteiger partial charge in [0.2, 0.25) is 0 Å². The lowest BCUT2D eigenvalue weighted by Crippen LogP contribution is -2.24. The molecule has 98 valence electrons. The molecule has 0 saturated heterocycles. The Hall–Kier alpha value is -1.68. The van der Waals surface area contributed by atoms with Crippen LogP contribution in [0.2, 0.25) is 0 Å². The highest BCUT2D eigenvalue weighted by molar-refractivity contribution is 9.10. The van der Waals surface area contributed by atoms with E-state index in [0.717, 1.165) is 21.3 Å². The van der Waals surface area contributed by atoms with Gasteiger partial charge in [-0.05, 0) is 59.1 Å². The van der Waals surface area contributed by atoms with Crippen LogP contribution in [0.25, 0.3) is 0 Å². The fraction of sp³-hybridized carbons (Fsp3) is 0.200. The van der Waals surface area contributed by atoms with Gasteiger partial charge in [-0.2, -0.15) is 0 Å². The Morgan fingerprint density at radius 2 is 2.11 bits per heavy atom. The fourth-order valence-electron chi connectivity index (χ4n) is 1.77. The van der Waals surface area contributed by atoms with Gasteiger partial charge in [-0.1, -0.05) is 12.1 Å². The van der Waals surface area contributed by atoms with Crippen LogP contribution in [-0.4, -0.2) is 10.9 Å². The summed E-state index contributed by atoms with van der Waals surface area (Å²) in [4.78, 5) is 16.3. The average Bonchev–Trinajstić information content (AvgIpc) is 2.37. The van der Waals surface area contributed by atoms with E-state index < -0.39 is 0 Å². The summed E-state index contributed by atoms with van der Waals surface area (Å²) in [6.45, 7) is 4.41. The number of pyridine rings is 1. The van der Waals surface area contributed by atoms with Gasteiger partial charge in [0.1, 0.15) is 0 Å². The second-order valence-electron chi connectivity index (χ2n) is 4.43. The normalized spacial score (nSPS) is 10.3. The SMILES string of the molecule is Cc1ccc(C(=O)NCc2ncccc2C)c(Br)c1. The standard InChI is InChI=1S/C15H15BrN2O/c1-10-5-6-12(13(16)8-10)15(19)18-9-14-11(2)4-3-7-17-14/h3-8H,9H2,1-2H3,(H,18,19). The van der Waals surface area contributed by atoms with Gasteiger partial charge in [0.15, 0.2) is 0 Å². The topological polar surface area (TPSA) is 42.0 Å². The van der Waals surface area contributed by atoms with E-state index in [1.165, 1.54) is 0 Å². The summed E-state index contributed by atoms with van der Waals surface area (Å²) in [7, 11) is 0. The molecule has 1 amide bonds. The van der Waals surface area contributed by atoms with Gasteiger partial charge < -0.3 is 5.32 Å². The third-order valence-electron chi connectivity index (χ3n) is 2.90. The summed E-state index contributed by atoms with van der Waals surface area (Å²) in [5.74, 6) is -0.100. The molecule has 4 heteroatoms. The molecule has 0 aliphatic heterocycles. The molecule has 0 unspecified atom stereocenters. The number of halogens is 1. The molecular weight excluding hydrogens is 304 g/mol. The van der Waals surface area contributed by atoms with E-state index in [1.807, 2.05) is 44.2 Å². The molecule has 0 saturated carbocycles. The van der Waals surface area contributed by atoms with Crippen molar-refractivity contribution in [3.05, 3.63) is 63.4 Å². The summed E-state index contributed by atoms with van der Waals surface area (Å²) in [5, 5.41) is 2.88. The first-order valence-corrected chi connectivity index (χ1v) is 6.82. The monoisotopic (exact) mass is 318 g/mol. The zero-order chi connectivity index (χ0) is 13.8. The van der Waals surface area contributed by atoms with Crippen LogP contribution in [0.3, 0.4) is 0 Å². The van der Waals surface area contributed by atoms with Crippen LogP contribution in [0.15, 0.2) is 41.0 Å². The van der Waals surface area contributed by atoms with E-state index in [0.29, 0.717) is 12.1 Å². The molecule has 1 heterocycles. The predicted octanol–water partition coefficient (Wildman–Crippen LogP) is 3.39. The minimum absolute atomic E-state index is 0.100. The summed E-state index contributed by atoms with van der Waals surface area (Å²) in [6.07, 6.45) is 1.73. The van der Waals surface area contributed by atoms with Gasteiger partial charge in [0.05, 0.1) is 17.8 Å². The molecule has 0 bridgehead atoms. The Balaban J connectivity index is 2.08. The minimum atomic E-state index is -0.100. The van der Waals surface area contributed by atoms with E-state index in [4.69, 9.17) is 0 Å². The van der Waals surface area contributed by atoms with Gasteiger partial charge in [-0.15, -0.1) is 0 Å². The summed E-state index contributed by atoms with van der Waals surface area (Å²) in [6, 6.07) is 9.54. The first-order chi connectivity index (χ1) is 9.08. The first-order valence-electron chi connectivity index (χ1n) is 6.03. The van der Waals surface area contributed by atoms with E-state index in [9.17, 15) is 4.79 Å². The Morgan fingerprint density at radius 3 is 2.79 bits per heavy atom. The molecule has 0 aliphatic rings. The largest absolute Gasteiger partial charge is 0.346 e. The lowest BCUT2D eigenvalue weighted by molar-refractivity contribution is 0.0949. The summed E-state index contributed by atoms with van der Waals surface area (Å²) >= 11 is 3.41. The molecule has 1 aromatic carbocycles. The van der Waals surface area contributed by atoms with Crippen molar-refractivity contribution in [2.24, 2.45) is 0 Å². The summed E-state index contributed by atoms with van der Waals surface area (Å²) in [5.41, 5.74) is 3.72. The zero-order valence-corrected chi connectivity index (χ0v) is 12.5. The number of aryl methyl sites for hydroxylation is 2. The van der Waals surface area contributed by atoms with Crippen molar-refractivity contribution >= 4 is 21.8 Å². The predicted molar refractivity (Wildman–Crippen MR) is 79.0 cm³/mol. The van der Waals surface area contributed by atoms with Gasteiger partial charge >= 0.3 is 0 Å². The number of nitrogens with zero attached hydrogens (tertiary/aromatic N) is 1. The molecule has 3 nitrogen and oxygen atoms in total. The number of aromatic nitrogens is 1. The maximum Gasteiger partial charge on any atom is 0.252 e. The number of benzene rings is 1. The molecule has 0 radical (unpaired) electrons. The van der Waals surface area contributed by atoms with Gasteiger partial charge in [-0.25, -0.2) is 0 Å². The highest BCUT2D eigenvalue weighted by Crippen LogP contribution is 2.18. The number of carbonyl (C=O) groups excluding carboxylic acids is 1. The van der Waals surface area contributed by atoms with E-state index in [-0.39, 0.29) is 5.91 Å². The van der Waals surface area contributed by atoms with Crippen LogP contribution in [0.4, 0.5) is 0 Å². The van der Waals surface area contributed by atoms with Crippen molar-refractivity contribution in [1.82, 2.24) is 10.3 Å². The molecule has 19 heavy (non-hydrogen) atoms. The van der Waals surface area contributed by atoms with Crippen LogP contribution >= 0.6 is 15.9 Å². The van der Waals surface area contributed by atoms with Crippen molar-refractivity contribution in [2.45, 2.75) is 20.4 Å². The minimum Gasteiger partial charge on any atom is -0.346 e. The lowest BCUT2D eigenvalue weighted by Gasteiger charge is -2.08. The zero-order valence-electron chi connectivity index (χ0n) is 10.9. The van der Waals surface area contributed by atoms with Crippen LogP contribution in [0.5, 0.6) is 0 Å². The Bertz CT molecular complexity index is 611. The number of nitrogens with one attached hydrogen (secondary N) is 1. The Morgan fingerprint density at radius 1 is 1.32 bits per heavy atom. The quantitative estimate of drug-likeness (QED) is 0.942. The van der Waals surface area contributed by atoms with Crippen molar-refractivity contribution in [3.63, 3.8) is 0 Å². The molecule has 0 aliphatic carbocycles. The third kappa shape index (κ3) is 3.41. The maximum atomic E-state index is 12.1. The maximum absolute atomic E-state index is 12.1. The molecule has 1 aromatic heterocycles. The molecule has 2 rings (SSSR count). The van der Waals surface area contributed by atoms with E-state index >= 15 is 0 Å². The van der Waals surface area contributed by atoms with Gasteiger partial charge in [0, 0.05) is 10.7 Å². The van der Waals surface area contributed by atoms with Gasteiger partial charge in [-0.3, -0.25) is 9.78 Å². The van der Waals surface area contributed by atoms with Crippen LogP contribution in [0, 0.1) is 13.8 Å². The summed E-state index contributed by atoms with van der Waals surface area (Å²) < 4.78 is 0.808. The number of hydrogen-bond donors (Lipinski definition) is 1. The first kappa shape index (κ1) is 13.7. The average molecular weight is 319 g/mol. The molecule has 1 N–H and O–H groups in total. The number of hydrogen-bond acceptors (Lipinski definition) is 2. The van der Waals surface area contributed by atoms with Crippen LogP contribution in [-0.2, 0) is 6.54 Å². The smallest absolute Gasteiger partial charge is 0.252 e. The van der Waals surface area contributed by atoms with E-state index in [1.54, 1.807) is 6.20 Å². The molecule has 0 atom stereocenters. The van der Waals surface area contributed by atoms with Crippen molar-refractivity contribution in [3.8, 4) is 0 Å². The highest BCUT2D eigenvalue weighted by Gasteiger charge is 2.10. The van der Waals surface area contributed by atoms with Gasteiger partial charge in [0.25, 0.3) is 5.91 Å². The lowest BCUT2D eigenvalue weighted by atomic mass is 10.1. The number of amides is 1. The number of carbonyl (C=O) groups is 1. The molecule has 0 spiro atoms. The van der Waals surface area contributed by atoms with Crippen molar-refractivity contribution in [1.29, 1.82) is 0 Å².